The molecule has 1 aliphatic rings. The lowest BCUT2D eigenvalue weighted by Crippen LogP contribution is -2.62. The van der Waals surface area contributed by atoms with E-state index in [-0.39, 0.29) is 18.9 Å². The van der Waals surface area contributed by atoms with Crippen molar-refractivity contribution in [1.82, 2.24) is 5.32 Å². The molecule has 0 aromatic heterocycles. The second-order valence-electron chi connectivity index (χ2n) is 5.51. The molecule has 1 aliphatic carbocycles. The van der Waals surface area contributed by atoms with Gasteiger partial charge in [0.05, 0.1) is 5.54 Å². The van der Waals surface area contributed by atoms with Gasteiger partial charge in [-0.25, -0.2) is 0 Å². The van der Waals surface area contributed by atoms with Gasteiger partial charge < -0.3 is 11.1 Å². The lowest BCUT2D eigenvalue weighted by molar-refractivity contribution is -0.274. The predicted octanol–water partition coefficient (Wildman–Crippen LogP) is 2.75. The molecular formula is C12H18F6N2O. The zero-order valence-electron chi connectivity index (χ0n) is 11.4. The largest absolute Gasteiger partial charge is 0.409 e. The summed E-state index contributed by atoms with van der Waals surface area (Å²) in [4.78, 5) is 11.6. The van der Waals surface area contributed by atoms with Crippen molar-refractivity contribution in [3.05, 3.63) is 0 Å². The van der Waals surface area contributed by atoms with Gasteiger partial charge in [-0.2, -0.15) is 26.3 Å². The van der Waals surface area contributed by atoms with Gasteiger partial charge in [-0.15, -0.1) is 0 Å². The summed E-state index contributed by atoms with van der Waals surface area (Å²) in [5, 5.41) is 1.94. The summed E-state index contributed by atoms with van der Waals surface area (Å²) >= 11 is 0. The SMILES string of the molecule is CC1CCCCC1(CN)NC(=O)C(C(F)(F)F)C(F)(F)F. The van der Waals surface area contributed by atoms with Crippen molar-refractivity contribution in [2.45, 2.75) is 50.5 Å². The van der Waals surface area contributed by atoms with Crippen molar-refractivity contribution in [2.24, 2.45) is 17.6 Å². The minimum absolute atomic E-state index is 0.192. The molecule has 3 N–H and O–H groups in total. The summed E-state index contributed by atoms with van der Waals surface area (Å²) in [6, 6.07) is 0. The Kier molecular flexibility index (Phi) is 5.18. The third-order valence-corrected chi connectivity index (χ3v) is 4.11. The number of nitrogens with one attached hydrogen (secondary N) is 1. The van der Waals surface area contributed by atoms with Gasteiger partial charge in [-0.05, 0) is 18.8 Å². The van der Waals surface area contributed by atoms with E-state index in [1.165, 1.54) is 0 Å². The molecule has 0 saturated heterocycles. The normalized spacial score (nSPS) is 27.8. The highest BCUT2D eigenvalue weighted by Gasteiger charge is 2.62. The van der Waals surface area contributed by atoms with Crippen LogP contribution in [0.4, 0.5) is 26.3 Å². The molecule has 0 bridgehead atoms. The summed E-state index contributed by atoms with van der Waals surface area (Å²) in [6.07, 6.45) is -9.09. The zero-order chi connectivity index (χ0) is 16.5. The standard InChI is InChI=1S/C12H18F6N2O/c1-7-4-2-3-5-10(7,6-19)20-9(21)8(11(13,14)15)12(16,17)18/h7-8H,2-6,19H2,1H3,(H,20,21). The topological polar surface area (TPSA) is 55.1 Å². The van der Waals surface area contributed by atoms with Crippen molar-refractivity contribution < 1.29 is 31.1 Å². The van der Waals surface area contributed by atoms with Crippen LogP contribution in [0.1, 0.15) is 32.6 Å². The quantitative estimate of drug-likeness (QED) is 0.786. The molecule has 0 radical (unpaired) electrons. The Hall–Kier alpha value is -0.990. The van der Waals surface area contributed by atoms with Gasteiger partial charge in [0, 0.05) is 6.54 Å². The number of rotatable bonds is 3. The molecular weight excluding hydrogens is 302 g/mol. The highest BCUT2D eigenvalue weighted by molar-refractivity contribution is 5.81. The second kappa shape index (κ2) is 6.02. The van der Waals surface area contributed by atoms with E-state index in [1.807, 2.05) is 5.32 Å². The molecule has 1 fully saturated rings. The third-order valence-electron chi connectivity index (χ3n) is 4.11. The van der Waals surface area contributed by atoms with Gasteiger partial charge in [0.15, 0.2) is 0 Å². The summed E-state index contributed by atoms with van der Waals surface area (Å²) in [6.45, 7) is 1.48. The van der Waals surface area contributed by atoms with Crippen molar-refractivity contribution in [1.29, 1.82) is 0 Å². The highest BCUT2D eigenvalue weighted by atomic mass is 19.4. The first-order valence-electron chi connectivity index (χ1n) is 6.59. The Bertz CT molecular complexity index is 367. The van der Waals surface area contributed by atoms with Crippen LogP contribution in [0.15, 0.2) is 0 Å². The Morgan fingerprint density at radius 1 is 1.24 bits per heavy atom. The van der Waals surface area contributed by atoms with Crippen molar-refractivity contribution in [3.63, 3.8) is 0 Å². The predicted molar refractivity (Wildman–Crippen MR) is 63.2 cm³/mol. The molecule has 9 heteroatoms. The van der Waals surface area contributed by atoms with Crippen LogP contribution < -0.4 is 11.1 Å². The smallest absolute Gasteiger partial charge is 0.348 e. The van der Waals surface area contributed by atoms with Gasteiger partial charge in [-0.1, -0.05) is 19.8 Å². The second-order valence-corrected chi connectivity index (χ2v) is 5.51. The molecule has 1 rings (SSSR count). The fourth-order valence-electron chi connectivity index (χ4n) is 2.75. The Labute approximate surface area is 118 Å². The summed E-state index contributed by atoms with van der Waals surface area (Å²) in [5.74, 6) is -6.38. The van der Waals surface area contributed by atoms with E-state index in [0.717, 1.165) is 6.42 Å². The van der Waals surface area contributed by atoms with E-state index >= 15 is 0 Å². The molecule has 0 aromatic carbocycles. The number of halogens is 6. The van der Waals surface area contributed by atoms with Gasteiger partial charge in [0.25, 0.3) is 0 Å². The molecule has 0 heterocycles. The average molecular weight is 320 g/mol. The lowest BCUT2D eigenvalue weighted by atomic mass is 9.73. The first kappa shape index (κ1) is 18.1. The third kappa shape index (κ3) is 4.02. The Balaban J connectivity index is 3.00. The molecule has 1 saturated carbocycles. The van der Waals surface area contributed by atoms with Crippen LogP contribution in [0.25, 0.3) is 0 Å². The van der Waals surface area contributed by atoms with Crippen LogP contribution in [-0.2, 0) is 4.79 Å². The minimum Gasteiger partial charge on any atom is -0.348 e. The first-order valence-corrected chi connectivity index (χ1v) is 6.59. The number of nitrogens with two attached hydrogens (primary N) is 1. The molecule has 21 heavy (non-hydrogen) atoms. The average Bonchev–Trinajstić information content (AvgIpc) is 2.28. The Morgan fingerprint density at radius 3 is 2.14 bits per heavy atom. The molecule has 0 aliphatic heterocycles. The maximum Gasteiger partial charge on any atom is 0.409 e. The van der Waals surface area contributed by atoms with E-state index < -0.39 is 29.7 Å². The van der Waals surface area contributed by atoms with E-state index in [1.54, 1.807) is 6.92 Å². The van der Waals surface area contributed by atoms with Gasteiger partial charge in [-0.3, -0.25) is 4.79 Å². The Morgan fingerprint density at radius 2 is 1.76 bits per heavy atom. The van der Waals surface area contributed by atoms with Gasteiger partial charge >= 0.3 is 12.4 Å². The van der Waals surface area contributed by atoms with E-state index in [0.29, 0.717) is 12.8 Å². The van der Waals surface area contributed by atoms with Crippen LogP contribution in [0.2, 0.25) is 0 Å². The monoisotopic (exact) mass is 320 g/mol. The van der Waals surface area contributed by atoms with Crippen LogP contribution in [0.5, 0.6) is 0 Å². The molecule has 0 spiro atoms. The highest BCUT2D eigenvalue weighted by Crippen LogP contribution is 2.41. The number of carbonyl (C=O) groups is 1. The molecule has 1 amide bonds. The van der Waals surface area contributed by atoms with Crippen LogP contribution in [0.3, 0.4) is 0 Å². The molecule has 2 atom stereocenters. The number of carbonyl (C=O) groups excluding carboxylic acids is 1. The summed E-state index contributed by atoms with van der Waals surface area (Å²) < 4.78 is 75.2. The number of alkyl halides is 6. The van der Waals surface area contributed by atoms with Crippen LogP contribution >= 0.6 is 0 Å². The fraction of sp³-hybridized carbons (Fsp3) is 0.917. The fourth-order valence-corrected chi connectivity index (χ4v) is 2.75. The summed E-state index contributed by atoms with van der Waals surface area (Å²) in [7, 11) is 0. The minimum atomic E-state index is -5.68. The van der Waals surface area contributed by atoms with E-state index in [4.69, 9.17) is 5.73 Å². The van der Waals surface area contributed by atoms with Crippen LogP contribution in [-0.4, -0.2) is 30.3 Å². The maximum absolute atomic E-state index is 12.5. The van der Waals surface area contributed by atoms with Crippen LogP contribution in [0, 0.1) is 11.8 Å². The summed E-state index contributed by atoms with van der Waals surface area (Å²) in [5.41, 5.74) is 4.31. The zero-order valence-corrected chi connectivity index (χ0v) is 11.4. The van der Waals surface area contributed by atoms with Crippen molar-refractivity contribution >= 4 is 5.91 Å². The number of hydrogen-bond donors (Lipinski definition) is 2. The van der Waals surface area contributed by atoms with Gasteiger partial charge in [0.2, 0.25) is 11.8 Å². The van der Waals surface area contributed by atoms with E-state index in [9.17, 15) is 31.1 Å². The van der Waals surface area contributed by atoms with Gasteiger partial charge in [0.1, 0.15) is 0 Å². The lowest BCUT2D eigenvalue weighted by Gasteiger charge is -2.43. The number of hydrogen-bond acceptors (Lipinski definition) is 2. The van der Waals surface area contributed by atoms with Crippen molar-refractivity contribution in [3.8, 4) is 0 Å². The van der Waals surface area contributed by atoms with Crippen molar-refractivity contribution in [2.75, 3.05) is 6.54 Å². The van der Waals surface area contributed by atoms with E-state index in [2.05, 4.69) is 0 Å². The molecule has 0 aromatic rings. The molecule has 124 valence electrons. The molecule has 3 nitrogen and oxygen atoms in total. The molecule has 2 unspecified atom stereocenters. The first-order chi connectivity index (χ1) is 9.44. The maximum atomic E-state index is 12.5. The number of amides is 1.